The number of carbonyl (C=O) groups is 3. The van der Waals surface area contributed by atoms with E-state index in [2.05, 4.69) is 12.2 Å². The van der Waals surface area contributed by atoms with Crippen LogP contribution in [0.15, 0.2) is 0 Å². The summed E-state index contributed by atoms with van der Waals surface area (Å²) in [5.41, 5.74) is -0.925. The highest BCUT2D eigenvalue weighted by molar-refractivity contribution is 6.19. The predicted octanol–water partition coefficient (Wildman–Crippen LogP) is 2.20. The molecule has 0 aromatic rings. The van der Waals surface area contributed by atoms with Crippen molar-refractivity contribution in [2.24, 2.45) is 11.3 Å². The number of hydrogen-bond acceptors (Lipinski definition) is 3. The molecule has 3 aliphatic rings. The second kappa shape index (κ2) is 4.86. The van der Waals surface area contributed by atoms with Crippen LogP contribution in [-0.4, -0.2) is 28.8 Å². The first-order valence-electron chi connectivity index (χ1n) is 7.74. The monoisotopic (exact) mass is 278 g/mol. The molecule has 1 aliphatic heterocycles. The lowest BCUT2D eigenvalue weighted by Crippen LogP contribution is -2.68. The van der Waals surface area contributed by atoms with Crippen LogP contribution in [0.3, 0.4) is 0 Å². The van der Waals surface area contributed by atoms with Crippen LogP contribution in [0.5, 0.6) is 0 Å². The molecule has 2 unspecified atom stereocenters. The third-order valence-electron chi connectivity index (χ3n) is 5.30. The van der Waals surface area contributed by atoms with Crippen molar-refractivity contribution in [1.82, 2.24) is 10.2 Å². The lowest BCUT2D eigenvalue weighted by atomic mass is 9.66. The molecule has 0 bridgehead atoms. The number of urea groups is 1. The van der Waals surface area contributed by atoms with Crippen LogP contribution in [0.2, 0.25) is 0 Å². The zero-order chi connectivity index (χ0) is 14.3. The maximum atomic E-state index is 12.7. The highest BCUT2D eigenvalue weighted by atomic mass is 16.2. The molecule has 0 radical (unpaired) electrons. The molecule has 2 atom stereocenters. The Balaban J connectivity index is 1.82. The standard InChI is InChI=1S/C15H22N2O3/c1-10-4-2-5-11(7-6-10)17-13(19)15(8-3-9-15)12(18)16-14(17)20/h10-11H,2-9H2,1H3,(H,16,18,20). The van der Waals surface area contributed by atoms with E-state index < -0.39 is 11.4 Å². The fourth-order valence-corrected chi connectivity index (χ4v) is 3.73. The normalized spacial score (nSPS) is 33.6. The molecule has 5 nitrogen and oxygen atoms in total. The number of carbonyl (C=O) groups excluding carboxylic acids is 3. The zero-order valence-corrected chi connectivity index (χ0v) is 12.0. The molecule has 0 aromatic carbocycles. The first kappa shape index (κ1) is 13.6. The lowest BCUT2D eigenvalue weighted by molar-refractivity contribution is -0.159. The van der Waals surface area contributed by atoms with Crippen molar-refractivity contribution in [3.8, 4) is 0 Å². The molecule has 3 rings (SSSR count). The Morgan fingerprint density at radius 2 is 1.80 bits per heavy atom. The summed E-state index contributed by atoms with van der Waals surface area (Å²) in [6.45, 7) is 2.22. The van der Waals surface area contributed by atoms with E-state index in [-0.39, 0.29) is 17.9 Å². The van der Waals surface area contributed by atoms with Gasteiger partial charge in [-0.3, -0.25) is 19.8 Å². The van der Waals surface area contributed by atoms with E-state index in [1.807, 2.05) is 0 Å². The van der Waals surface area contributed by atoms with E-state index in [0.717, 1.165) is 38.5 Å². The molecular weight excluding hydrogens is 256 g/mol. The Hall–Kier alpha value is -1.39. The van der Waals surface area contributed by atoms with Crippen molar-refractivity contribution in [3.63, 3.8) is 0 Å². The number of imide groups is 2. The van der Waals surface area contributed by atoms with Gasteiger partial charge >= 0.3 is 6.03 Å². The topological polar surface area (TPSA) is 66.5 Å². The molecule has 20 heavy (non-hydrogen) atoms. The number of amides is 4. The lowest BCUT2D eigenvalue weighted by Gasteiger charge is -2.46. The summed E-state index contributed by atoms with van der Waals surface area (Å²) in [6.07, 6.45) is 7.05. The van der Waals surface area contributed by atoms with Crippen molar-refractivity contribution in [3.05, 3.63) is 0 Å². The van der Waals surface area contributed by atoms with E-state index in [4.69, 9.17) is 0 Å². The maximum Gasteiger partial charge on any atom is 0.331 e. The van der Waals surface area contributed by atoms with Gasteiger partial charge in [0.2, 0.25) is 11.8 Å². The summed E-state index contributed by atoms with van der Waals surface area (Å²) in [7, 11) is 0. The minimum Gasteiger partial charge on any atom is -0.277 e. The van der Waals surface area contributed by atoms with Crippen molar-refractivity contribution < 1.29 is 14.4 Å². The second-order valence-electron chi connectivity index (χ2n) is 6.64. The van der Waals surface area contributed by atoms with E-state index in [1.54, 1.807) is 0 Å². The van der Waals surface area contributed by atoms with Crippen LogP contribution in [0, 0.1) is 11.3 Å². The summed E-state index contributed by atoms with van der Waals surface area (Å²) < 4.78 is 0. The summed E-state index contributed by atoms with van der Waals surface area (Å²) in [5, 5.41) is 2.41. The summed E-state index contributed by atoms with van der Waals surface area (Å²) in [6, 6.07) is -0.532. The van der Waals surface area contributed by atoms with Crippen molar-refractivity contribution in [2.45, 2.75) is 64.3 Å². The van der Waals surface area contributed by atoms with E-state index in [1.165, 1.54) is 4.90 Å². The third-order valence-corrected chi connectivity index (χ3v) is 5.30. The van der Waals surface area contributed by atoms with Crippen LogP contribution in [0.25, 0.3) is 0 Å². The molecule has 1 N–H and O–H groups in total. The van der Waals surface area contributed by atoms with Crippen LogP contribution in [-0.2, 0) is 9.59 Å². The molecule has 2 aliphatic carbocycles. The predicted molar refractivity (Wildman–Crippen MR) is 72.7 cm³/mol. The van der Waals surface area contributed by atoms with E-state index in [9.17, 15) is 14.4 Å². The Morgan fingerprint density at radius 3 is 2.45 bits per heavy atom. The first-order valence-corrected chi connectivity index (χ1v) is 7.74. The average Bonchev–Trinajstić information content (AvgIpc) is 2.52. The fraction of sp³-hybridized carbons (Fsp3) is 0.800. The molecule has 5 heteroatoms. The van der Waals surface area contributed by atoms with Gasteiger partial charge in [-0.05, 0) is 38.0 Å². The summed E-state index contributed by atoms with van der Waals surface area (Å²) in [5.74, 6) is 0.0382. The second-order valence-corrected chi connectivity index (χ2v) is 6.64. The van der Waals surface area contributed by atoms with E-state index in [0.29, 0.717) is 18.8 Å². The SMILES string of the molecule is CC1CCCC(N2C(=O)NC(=O)C3(CCC3)C2=O)CC1. The highest BCUT2D eigenvalue weighted by Crippen LogP contribution is 2.45. The molecule has 1 spiro atoms. The Kier molecular flexibility index (Phi) is 3.30. The van der Waals surface area contributed by atoms with Gasteiger partial charge in [-0.1, -0.05) is 26.2 Å². The highest BCUT2D eigenvalue weighted by Gasteiger charge is 2.58. The van der Waals surface area contributed by atoms with Gasteiger partial charge in [-0.2, -0.15) is 0 Å². The molecule has 110 valence electrons. The van der Waals surface area contributed by atoms with Crippen molar-refractivity contribution >= 4 is 17.8 Å². The Morgan fingerprint density at radius 1 is 1.05 bits per heavy atom. The number of hydrogen-bond donors (Lipinski definition) is 1. The van der Waals surface area contributed by atoms with Gasteiger partial charge in [0.1, 0.15) is 5.41 Å². The van der Waals surface area contributed by atoms with Gasteiger partial charge < -0.3 is 0 Å². The van der Waals surface area contributed by atoms with Gasteiger partial charge in [-0.15, -0.1) is 0 Å². The third kappa shape index (κ3) is 1.95. The number of nitrogens with one attached hydrogen (secondary N) is 1. The molecule has 1 heterocycles. The Labute approximate surface area is 119 Å². The maximum absolute atomic E-state index is 12.7. The molecule has 1 saturated heterocycles. The fourth-order valence-electron chi connectivity index (χ4n) is 3.73. The Bertz CT molecular complexity index is 456. The van der Waals surface area contributed by atoms with Crippen LogP contribution in [0.1, 0.15) is 58.3 Å². The zero-order valence-electron chi connectivity index (χ0n) is 12.0. The van der Waals surface area contributed by atoms with Crippen LogP contribution in [0.4, 0.5) is 4.79 Å². The van der Waals surface area contributed by atoms with Gasteiger partial charge in [0, 0.05) is 6.04 Å². The van der Waals surface area contributed by atoms with Gasteiger partial charge in [0.05, 0.1) is 0 Å². The van der Waals surface area contributed by atoms with Gasteiger partial charge in [0.15, 0.2) is 0 Å². The smallest absolute Gasteiger partial charge is 0.277 e. The quantitative estimate of drug-likeness (QED) is 0.590. The largest absolute Gasteiger partial charge is 0.331 e. The molecule has 2 saturated carbocycles. The molecular formula is C15H22N2O3. The summed E-state index contributed by atoms with van der Waals surface area (Å²) >= 11 is 0. The van der Waals surface area contributed by atoms with Crippen LogP contribution >= 0.6 is 0 Å². The number of nitrogens with zero attached hydrogens (tertiary/aromatic N) is 1. The number of barbiturate groups is 1. The van der Waals surface area contributed by atoms with Crippen LogP contribution < -0.4 is 5.32 Å². The van der Waals surface area contributed by atoms with Crippen molar-refractivity contribution in [1.29, 1.82) is 0 Å². The van der Waals surface area contributed by atoms with Gasteiger partial charge in [-0.25, -0.2) is 4.79 Å². The molecule has 0 aromatic heterocycles. The minimum absolute atomic E-state index is 0.0296. The van der Waals surface area contributed by atoms with Crippen molar-refractivity contribution in [2.75, 3.05) is 0 Å². The number of rotatable bonds is 1. The first-order chi connectivity index (χ1) is 9.54. The van der Waals surface area contributed by atoms with E-state index >= 15 is 0 Å². The average molecular weight is 278 g/mol. The molecule has 3 fully saturated rings. The minimum atomic E-state index is -0.925. The molecule has 4 amide bonds. The summed E-state index contributed by atoms with van der Waals surface area (Å²) in [4.78, 5) is 38.2. The van der Waals surface area contributed by atoms with Gasteiger partial charge in [0.25, 0.3) is 0 Å².